The summed E-state index contributed by atoms with van der Waals surface area (Å²) in [4.78, 5) is 33.0. The number of halogens is 2. The van der Waals surface area contributed by atoms with E-state index in [2.05, 4.69) is 20.6 Å². The fourth-order valence-corrected chi connectivity index (χ4v) is 3.93. The van der Waals surface area contributed by atoms with Crippen LogP contribution in [0.2, 0.25) is 0 Å². The highest BCUT2D eigenvalue weighted by Crippen LogP contribution is 2.49. The number of nitrogens with one attached hydrogen (secondary N) is 2. The van der Waals surface area contributed by atoms with E-state index in [9.17, 15) is 18.4 Å². The summed E-state index contributed by atoms with van der Waals surface area (Å²) in [7, 11) is 0. The Hall–Kier alpha value is -3.68. The number of anilines is 2. The summed E-state index contributed by atoms with van der Waals surface area (Å²) >= 11 is 0. The van der Waals surface area contributed by atoms with E-state index in [0.29, 0.717) is 30.8 Å². The number of amides is 1. The molecule has 4 rings (SSSR count). The van der Waals surface area contributed by atoms with Gasteiger partial charge < -0.3 is 10.6 Å². The average molecular weight is 465 g/mol. The fraction of sp³-hybridized carbons (Fsp3) is 0.308. The second-order valence-corrected chi connectivity index (χ2v) is 8.86. The quantitative estimate of drug-likeness (QED) is 0.445. The molecule has 1 saturated carbocycles. The van der Waals surface area contributed by atoms with Gasteiger partial charge in [-0.15, -0.1) is 0 Å². The number of alkyl halides is 2. The number of rotatable bonds is 10. The minimum absolute atomic E-state index is 0.00387. The predicted molar refractivity (Wildman–Crippen MR) is 125 cm³/mol. The van der Waals surface area contributed by atoms with Crippen LogP contribution in [0.4, 0.5) is 20.2 Å². The third-order valence-electron chi connectivity index (χ3n) is 5.97. The van der Waals surface area contributed by atoms with Crippen molar-refractivity contribution in [3.63, 3.8) is 0 Å². The van der Waals surface area contributed by atoms with E-state index in [4.69, 9.17) is 0 Å². The lowest BCUT2D eigenvalue weighted by Gasteiger charge is -2.17. The molecule has 0 saturated heterocycles. The lowest BCUT2D eigenvalue weighted by Crippen LogP contribution is -2.33. The first kappa shape index (κ1) is 23.5. The molecule has 6 nitrogen and oxygen atoms in total. The molecule has 1 aliphatic rings. The molecule has 0 bridgehead atoms. The summed E-state index contributed by atoms with van der Waals surface area (Å²) in [5, 5.41) is 5.97. The van der Waals surface area contributed by atoms with E-state index in [1.54, 1.807) is 42.7 Å². The van der Waals surface area contributed by atoms with Crippen molar-refractivity contribution in [1.29, 1.82) is 0 Å². The van der Waals surface area contributed by atoms with Gasteiger partial charge in [-0.05, 0) is 42.2 Å². The third-order valence-corrected chi connectivity index (χ3v) is 5.97. The summed E-state index contributed by atoms with van der Waals surface area (Å²) in [5.41, 5.74) is 1.93. The number of carbonyl (C=O) groups excluding carboxylic acids is 2. The van der Waals surface area contributed by atoms with Gasteiger partial charge in [-0.1, -0.05) is 30.3 Å². The summed E-state index contributed by atoms with van der Waals surface area (Å²) < 4.78 is 27.7. The van der Waals surface area contributed by atoms with E-state index in [1.165, 1.54) is 12.4 Å². The largest absolute Gasteiger partial charge is 0.355 e. The first-order chi connectivity index (χ1) is 16.2. The normalized spacial score (nSPS) is 14.3. The molecule has 2 aromatic carbocycles. The van der Waals surface area contributed by atoms with Gasteiger partial charge in [0, 0.05) is 55.6 Å². The van der Waals surface area contributed by atoms with E-state index in [0.717, 1.165) is 18.1 Å². The monoisotopic (exact) mass is 464 g/mol. The van der Waals surface area contributed by atoms with Gasteiger partial charge in [-0.2, -0.15) is 0 Å². The van der Waals surface area contributed by atoms with Crippen LogP contribution in [-0.4, -0.2) is 21.7 Å². The predicted octanol–water partition coefficient (Wildman–Crippen LogP) is 4.93. The molecule has 1 aromatic heterocycles. The first-order valence-electron chi connectivity index (χ1n) is 11.1. The molecule has 8 heteroatoms. The molecule has 1 heterocycles. The van der Waals surface area contributed by atoms with Crippen LogP contribution in [0.3, 0.4) is 0 Å². The molecule has 0 spiro atoms. The van der Waals surface area contributed by atoms with Crippen LogP contribution in [0.5, 0.6) is 0 Å². The van der Waals surface area contributed by atoms with Crippen molar-refractivity contribution in [2.75, 3.05) is 5.32 Å². The Balaban J connectivity index is 1.30. The topological polar surface area (TPSA) is 84.0 Å². The van der Waals surface area contributed by atoms with E-state index < -0.39 is 11.3 Å². The molecule has 1 aliphatic carbocycles. The third kappa shape index (κ3) is 5.81. The smallest absolute Gasteiger partial charge is 0.272 e. The molecule has 0 atom stereocenters. The van der Waals surface area contributed by atoms with Gasteiger partial charge in [0.05, 0.1) is 5.41 Å². The SMILES string of the molecule is CC(F)(F)c1ccccc1Nc1ccc(CNC(=O)C2(CC(=O)Cc3cncnc3)CC2)cc1. The zero-order valence-corrected chi connectivity index (χ0v) is 18.9. The standard InChI is InChI=1S/C26H26F2N4O2/c1-25(27,28)22-4-2-3-5-23(22)32-20-8-6-18(7-9-20)16-31-24(34)26(10-11-26)13-21(33)12-19-14-29-17-30-15-19/h2-9,14-15,17,32H,10-13,16H2,1H3,(H,31,34). The highest BCUT2D eigenvalue weighted by Gasteiger charge is 2.50. The molecule has 176 valence electrons. The lowest BCUT2D eigenvalue weighted by molar-refractivity contribution is -0.130. The Bertz CT molecular complexity index is 1160. The number of ketones is 1. The molecular weight excluding hydrogens is 438 g/mol. The Morgan fingerprint density at radius 2 is 1.68 bits per heavy atom. The van der Waals surface area contributed by atoms with Gasteiger partial charge in [-0.3, -0.25) is 9.59 Å². The minimum atomic E-state index is -2.96. The highest BCUT2D eigenvalue weighted by atomic mass is 19.3. The number of hydrogen-bond acceptors (Lipinski definition) is 5. The van der Waals surface area contributed by atoms with Gasteiger partial charge >= 0.3 is 0 Å². The number of para-hydroxylation sites is 1. The van der Waals surface area contributed by atoms with Gasteiger partial charge in [0.1, 0.15) is 12.1 Å². The molecule has 1 amide bonds. The van der Waals surface area contributed by atoms with Crippen LogP contribution in [0, 0.1) is 5.41 Å². The molecule has 34 heavy (non-hydrogen) atoms. The number of carbonyl (C=O) groups is 2. The lowest BCUT2D eigenvalue weighted by atomic mass is 9.95. The van der Waals surface area contributed by atoms with Crippen molar-refractivity contribution in [2.45, 2.75) is 45.1 Å². The summed E-state index contributed by atoms with van der Waals surface area (Å²) in [6.07, 6.45) is 6.44. The van der Waals surface area contributed by atoms with Crippen LogP contribution in [-0.2, 0) is 28.5 Å². The van der Waals surface area contributed by atoms with Crippen LogP contribution in [0.15, 0.2) is 67.3 Å². The zero-order chi connectivity index (χ0) is 24.2. The number of aromatic nitrogens is 2. The highest BCUT2D eigenvalue weighted by molar-refractivity contribution is 5.92. The Morgan fingerprint density at radius 1 is 1.00 bits per heavy atom. The van der Waals surface area contributed by atoms with Gasteiger partial charge in [0.2, 0.25) is 5.91 Å². The van der Waals surface area contributed by atoms with Crippen molar-refractivity contribution >= 4 is 23.1 Å². The van der Waals surface area contributed by atoms with E-state index in [1.807, 2.05) is 12.1 Å². The van der Waals surface area contributed by atoms with Crippen LogP contribution in [0.1, 0.15) is 42.9 Å². The van der Waals surface area contributed by atoms with Crippen molar-refractivity contribution in [2.24, 2.45) is 5.41 Å². The molecule has 0 radical (unpaired) electrons. The molecular formula is C26H26F2N4O2. The maximum atomic E-state index is 13.8. The van der Waals surface area contributed by atoms with Crippen molar-refractivity contribution in [1.82, 2.24) is 15.3 Å². The molecule has 0 unspecified atom stereocenters. The van der Waals surface area contributed by atoms with Gasteiger partial charge in [0.25, 0.3) is 5.92 Å². The van der Waals surface area contributed by atoms with Crippen molar-refractivity contribution in [3.8, 4) is 0 Å². The molecule has 3 aromatic rings. The fourth-order valence-electron chi connectivity index (χ4n) is 3.93. The Morgan fingerprint density at radius 3 is 2.32 bits per heavy atom. The number of hydrogen-bond donors (Lipinski definition) is 2. The molecule has 0 aliphatic heterocycles. The van der Waals surface area contributed by atoms with E-state index >= 15 is 0 Å². The number of Topliss-reactive ketones (excluding diaryl/α,β-unsaturated/α-hetero) is 1. The van der Waals surface area contributed by atoms with Crippen LogP contribution >= 0.6 is 0 Å². The minimum Gasteiger partial charge on any atom is -0.355 e. The van der Waals surface area contributed by atoms with Crippen LogP contribution in [0.25, 0.3) is 0 Å². The number of benzene rings is 2. The zero-order valence-electron chi connectivity index (χ0n) is 18.9. The maximum Gasteiger partial charge on any atom is 0.272 e. The Labute approximate surface area is 196 Å². The van der Waals surface area contributed by atoms with Crippen molar-refractivity contribution in [3.05, 3.63) is 83.9 Å². The van der Waals surface area contributed by atoms with E-state index in [-0.39, 0.29) is 30.1 Å². The summed E-state index contributed by atoms with van der Waals surface area (Å²) in [5.74, 6) is -3.08. The van der Waals surface area contributed by atoms with Crippen molar-refractivity contribution < 1.29 is 18.4 Å². The molecule has 1 fully saturated rings. The second-order valence-electron chi connectivity index (χ2n) is 8.86. The number of nitrogens with zero attached hydrogens (tertiary/aromatic N) is 2. The average Bonchev–Trinajstić information content (AvgIpc) is 3.59. The Kier molecular flexibility index (Phi) is 6.68. The first-order valence-corrected chi connectivity index (χ1v) is 11.1. The maximum absolute atomic E-state index is 13.8. The van der Waals surface area contributed by atoms with Crippen LogP contribution < -0.4 is 10.6 Å². The molecule has 2 N–H and O–H groups in total. The second kappa shape index (κ2) is 9.67. The van der Waals surface area contributed by atoms with Gasteiger partial charge in [0.15, 0.2) is 0 Å². The summed E-state index contributed by atoms with van der Waals surface area (Å²) in [6, 6.07) is 13.5. The summed E-state index contributed by atoms with van der Waals surface area (Å²) in [6.45, 7) is 1.20. The van der Waals surface area contributed by atoms with Gasteiger partial charge in [-0.25, -0.2) is 18.7 Å².